The number of furan rings is 1. The Labute approximate surface area is 149 Å². The van der Waals surface area contributed by atoms with Gasteiger partial charge in [0.2, 0.25) is 0 Å². The lowest BCUT2D eigenvalue weighted by Gasteiger charge is -2.11. The molecular weight excluding hydrogens is 337 g/mol. The number of carbonyl (C=O) groups is 2. The molecule has 1 N–H and O–H groups in total. The van der Waals surface area contributed by atoms with E-state index in [1.165, 1.54) is 18.2 Å². The van der Waals surface area contributed by atoms with Crippen LogP contribution in [0, 0.1) is 5.82 Å². The number of ether oxygens (including phenoxy) is 1. The highest BCUT2D eigenvalue weighted by molar-refractivity contribution is 5.82. The fraction of sp³-hybridized carbons (Fsp3) is 0.200. The summed E-state index contributed by atoms with van der Waals surface area (Å²) in [5.41, 5.74) is 1.23. The van der Waals surface area contributed by atoms with E-state index in [0.29, 0.717) is 11.3 Å². The minimum Gasteiger partial charge on any atom is -0.459 e. The highest BCUT2D eigenvalue weighted by atomic mass is 19.1. The second-order valence-electron chi connectivity index (χ2n) is 5.94. The molecule has 26 heavy (non-hydrogen) atoms. The van der Waals surface area contributed by atoms with Crippen LogP contribution in [0.5, 0.6) is 0 Å². The van der Waals surface area contributed by atoms with Gasteiger partial charge in [0.05, 0.1) is 12.5 Å². The number of amides is 1. The van der Waals surface area contributed by atoms with Crippen molar-refractivity contribution in [3.63, 3.8) is 0 Å². The summed E-state index contributed by atoms with van der Waals surface area (Å²) in [6, 6.07) is 14.7. The minimum atomic E-state index is -0.595. The molecule has 134 valence electrons. The number of hydrogen-bond acceptors (Lipinski definition) is 4. The molecule has 3 rings (SSSR count). The Balaban J connectivity index is 1.49. The monoisotopic (exact) mass is 355 g/mol. The lowest BCUT2D eigenvalue weighted by atomic mass is 10.1. The van der Waals surface area contributed by atoms with Gasteiger partial charge in [-0.2, -0.15) is 0 Å². The lowest BCUT2D eigenvalue weighted by Crippen LogP contribution is -2.31. The SMILES string of the molecule is C[C@H](NC(=O)COC(=O)Cc1cccc(F)c1)c1cc2ccccc2o1. The molecule has 0 saturated heterocycles. The number of rotatable bonds is 6. The van der Waals surface area contributed by atoms with Crippen molar-refractivity contribution in [1.29, 1.82) is 0 Å². The van der Waals surface area contributed by atoms with Gasteiger partial charge in [0.25, 0.3) is 5.91 Å². The minimum absolute atomic E-state index is 0.0931. The van der Waals surface area contributed by atoms with Gasteiger partial charge in [-0.3, -0.25) is 9.59 Å². The molecule has 2 aromatic carbocycles. The van der Waals surface area contributed by atoms with Gasteiger partial charge in [-0.1, -0.05) is 30.3 Å². The third kappa shape index (κ3) is 4.47. The maximum absolute atomic E-state index is 13.1. The molecule has 0 aliphatic rings. The zero-order valence-corrected chi connectivity index (χ0v) is 14.2. The molecule has 0 aliphatic carbocycles. The van der Waals surface area contributed by atoms with Crippen LogP contribution in [-0.4, -0.2) is 18.5 Å². The van der Waals surface area contributed by atoms with E-state index >= 15 is 0 Å². The average molecular weight is 355 g/mol. The molecule has 1 heterocycles. The Bertz CT molecular complexity index is 901. The van der Waals surface area contributed by atoms with Crippen molar-refractivity contribution in [2.45, 2.75) is 19.4 Å². The van der Waals surface area contributed by atoms with E-state index in [-0.39, 0.29) is 12.5 Å². The molecule has 1 amide bonds. The third-order valence-corrected chi connectivity index (χ3v) is 3.85. The fourth-order valence-corrected chi connectivity index (χ4v) is 2.58. The molecule has 1 atom stereocenters. The van der Waals surface area contributed by atoms with E-state index in [0.717, 1.165) is 11.0 Å². The Morgan fingerprint density at radius 1 is 1.15 bits per heavy atom. The molecule has 0 fully saturated rings. The average Bonchev–Trinajstić information content (AvgIpc) is 3.04. The Kier molecular flexibility index (Phi) is 5.31. The highest BCUT2D eigenvalue weighted by Crippen LogP contribution is 2.23. The number of para-hydroxylation sites is 1. The van der Waals surface area contributed by atoms with Crippen molar-refractivity contribution in [2.75, 3.05) is 6.61 Å². The predicted octanol–water partition coefficient (Wildman–Crippen LogP) is 3.54. The molecule has 0 saturated carbocycles. The van der Waals surface area contributed by atoms with Gasteiger partial charge < -0.3 is 14.5 Å². The van der Waals surface area contributed by atoms with Crippen LogP contribution in [0.4, 0.5) is 4.39 Å². The Morgan fingerprint density at radius 3 is 2.73 bits per heavy atom. The van der Waals surface area contributed by atoms with Gasteiger partial charge in [-0.25, -0.2) is 4.39 Å². The molecule has 0 unspecified atom stereocenters. The molecule has 5 nitrogen and oxygen atoms in total. The second-order valence-corrected chi connectivity index (χ2v) is 5.94. The van der Waals surface area contributed by atoms with E-state index in [4.69, 9.17) is 9.15 Å². The van der Waals surface area contributed by atoms with Gasteiger partial charge in [-0.15, -0.1) is 0 Å². The topological polar surface area (TPSA) is 68.5 Å². The summed E-state index contributed by atoms with van der Waals surface area (Å²) in [6.07, 6.45) is -0.0931. The first kappa shape index (κ1) is 17.7. The van der Waals surface area contributed by atoms with Crippen molar-refractivity contribution in [2.24, 2.45) is 0 Å². The van der Waals surface area contributed by atoms with Crippen molar-refractivity contribution < 1.29 is 23.1 Å². The lowest BCUT2D eigenvalue weighted by molar-refractivity contribution is -0.148. The van der Waals surface area contributed by atoms with E-state index < -0.39 is 24.3 Å². The summed E-state index contributed by atoms with van der Waals surface area (Å²) >= 11 is 0. The first-order valence-electron chi connectivity index (χ1n) is 8.19. The summed E-state index contributed by atoms with van der Waals surface area (Å²) in [6.45, 7) is 1.38. The zero-order valence-electron chi connectivity index (χ0n) is 14.2. The maximum Gasteiger partial charge on any atom is 0.310 e. The van der Waals surface area contributed by atoms with Gasteiger partial charge in [0.1, 0.15) is 17.2 Å². The number of benzene rings is 2. The third-order valence-electron chi connectivity index (χ3n) is 3.85. The standard InChI is InChI=1S/C20H18FNO4/c1-13(18-11-15-6-2-3-8-17(15)26-18)22-19(23)12-25-20(24)10-14-5-4-7-16(21)9-14/h2-9,11,13H,10,12H2,1H3,(H,22,23)/t13-/m0/s1. The molecule has 6 heteroatoms. The van der Waals surface area contributed by atoms with Crippen LogP contribution in [0.15, 0.2) is 59.0 Å². The zero-order chi connectivity index (χ0) is 18.5. The predicted molar refractivity (Wildman–Crippen MR) is 93.8 cm³/mol. The quantitative estimate of drug-likeness (QED) is 0.687. The number of halogens is 1. The molecule has 1 aromatic heterocycles. The summed E-state index contributed by atoms with van der Waals surface area (Å²) in [7, 11) is 0. The van der Waals surface area contributed by atoms with Gasteiger partial charge >= 0.3 is 5.97 Å². The van der Waals surface area contributed by atoms with Crippen LogP contribution >= 0.6 is 0 Å². The molecule has 0 bridgehead atoms. The number of carbonyl (C=O) groups excluding carboxylic acids is 2. The van der Waals surface area contributed by atoms with E-state index in [1.54, 1.807) is 13.0 Å². The van der Waals surface area contributed by atoms with Crippen LogP contribution < -0.4 is 5.32 Å². The van der Waals surface area contributed by atoms with E-state index in [1.807, 2.05) is 30.3 Å². The molecule has 3 aromatic rings. The highest BCUT2D eigenvalue weighted by Gasteiger charge is 2.15. The smallest absolute Gasteiger partial charge is 0.310 e. The van der Waals surface area contributed by atoms with Gasteiger partial charge in [0, 0.05) is 5.39 Å². The second kappa shape index (κ2) is 7.82. The van der Waals surface area contributed by atoms with Gasteiger partial charge in [-0.05, 0) is 36.8 Å². The molecule has 0 spiro atoms. The molecular formula is C20H18FNO4. The van der Waals surface area contributed by atoms with Crippen molar-refractivity contribution in [3.8, 4) is 0 Å². The van der Waals surface area contributed by atoms with Gasteiger partial charge in [0.15, 0.2) is 6.61 Å². The first-order chi connectivity index (χ1) is 12.5. The number of fused-ring (bicyclic) bond motifs is 1. The molecule has 0 radical (unpaired) electrons. The summed E-state index contributed by atoms with van der Waals surface area (Å²) < 4.78 is 23.7. The first-order valence-corrected chi connectivity index (χ1v) is 8.19. The van der Waals surface area contributed by atoms with Crippen LogP contribution in [-0.2, 0) is 20.7 Å². The normalized spacial score (nSPS) is 11.9. The van der Waals surface area contributed by atoms with Crippen molar-refractivity contribution >= 4 is 22.8 Å². The summed E-state index contributed by atoms with van der Waals surface area (Å²) in [5.74, 6) is -0.842. The van der Waals surface area contributed by atoms with Crippen LogP contribution in [0.25, 0.3) is 11.0 Å². The largest absolute Gasteiger partial charge is 0.459 e. The Hall–Kier alpha value is -3.15. The van der Waals surface area contributed by atoms with E-state index in [2.05, 4.69) is 5.32 Å². The van der Waals surface area contributed by atoms with Crippen LogP contribution in [0.2, 0.25) is 0 Å². The Morgan fingerprint density at radius 2 is 1.96 bits per heavy atom. The van der Waals surface area contributed by atoms with E-state index in [9.17, 15) is 14.0 Å². The molecule has 0 aliphatic heterocycles. The summed E-state index contributed by atoms with van der Waals surface area (Å²) in [4.78, 5) is 23.7. The number of hydrogen-bond donors (Lipinski definition) is 1. The van der Waals surface area contributed by atoms with Crippen molar-refractivity contribution in [3.05, 3.63) is 71.7 Å². The van der Waals surface area contributed by atoms with Crippen LogP contribution in [0.3, 0.4) is 0 Å². The van der Waals surface area contributed by atoms with Crippen molar-refractivity contribution in [1.82, 2.24) is 5.32 Å². The van der Waals surface area contributed by atoms with Crippen LogP contribution in [0.1, 0.15) is 24.3 Å². The number of esters is 1. The summed E-state index contributed by atoms with van der Waals surface area (Å²) in [5, 5.41) is 3.66. The maximum atomic E-state index is 13.1. The fourth-order valence-electron chi connectivity index (χ4n) is 2.58. The number of nitrogens with one attached hydrogen (secondary N) is 1.